The van der Waals surface area contributed by atoms with Gasteiger partial charge in [-0.15, -0.1) is 0 Å². The first-order valence-corrected chi connectivity index (χ1v) is 8.40. The number of carbonyl (C=O) groups excluding carboxylic acids is 2. The zero-order chi connectivity index (χ0) is 15.0. The van der Waals surface area contributed by atoms with Crippen LogP contribution in [-0.4, -0.2) is 34.8 Å². The first-order valence-electron chi connectivity index (χ1n) is 7.97. The zero-order valence-corrected chi connectivity index (χ0v) is 13.3. The average Bonchev–Trinajstić information content (AvgIpc) is 3.33. The van der Waals surface area contributed by atoms with Gasteiger partial charge in [0, 0.05) is 12.1 Å². The molecule has 0 aromatic heterocycles. The van der Waals surface area contributed by atoms with Crippen molar-refractivity contribution in [3.8, 4) is 0 Å². The van der Waals surface area contributed by atoms with E-state index in [0.29, 0.717) is 12.5 Å². The summed E-state index contributed by atoms with van der Waals surface area (Å²) in [6, 6.07) is -0.312. The standard InChI is InChI=1S/C16H23ClN2O2/c1-11(9-17)10-19-14(20)13(12-5-6-12)18-15(21)16(19)7-3-2-4-8-16/h9,12-13H,2-8,10H2,1H3,(H,18,21). The second-order valence-electron chi connectivity index (χ2n) is 6.76. The highest BCUT2D eigenvalue weighted by molar-refractivity contribution is 6.25. The van der Waals surface area contributed by atoms with Gasteiger partial charge in [-0.1, -0.05) is 30.9 Å². The van der Waals surface area contributed by atoms with Gasteiger partial charge in [0.15, 0.2) is 0 Å². The number of hydrogen-bond acceptors (Lipinski definition) is 2. The molecule has 4 nitrogen and oxygen atoms in total. The van der Waals surface area contributed by atoms with E-state index in [-0.39, 0.29) is 17.9 Å². The van der Waals surface area contributed by atoms with Crippen LogP contribution in [0.2, 0.25) is 0 Å². The van der Waals surface area contributed by atoms with E-state index in [9.17, 15) is 9.59 Å². The maximum absolute atomic E-state index is 12.9. The fourth-order valence-corrected chi connectivity index (χ4v) is 3.80. The molecule has 2 amide bonds. The Kier molecular flexibility index (Phi) is 4.00. The van der Waals surface area contributed by atoms with Crippen molar-refractivity contribution in [1.82, 2.24) is 10.2 Å². The van der Waals surface area contributed by atoms with E-state index in [1.807, 2.05) is 11.8 Å². The number of amides is 2. The van der Waals surface area contributed by atoms with E-state index < -0.39 is 5.54 Å². The van der Waals surface area contributed by atoms with Gasteiger partial charge in [-0.2, -0.15) is 0 Å². The van der Waals surface area contributed by atoms with E-state index >= 15 is 0 Å². The Morgan fingerprint density at radius 3 is 2.57 bits per heavy atom. The van der Waals surface area contributed by atoms with Crippen molar-refractivity contribution in [2.45, 2.75) is 63.5 Å². The molecular weight excluding hydrogens is 288 g/mol. The maximum atomic E-state index is 12.9. The van der Waals surface area contributed by atoms with Gasteiger partial charge >= 0.3 is 0 Å². The van der Waals surface area contributed by atoms with Gasteiger partial charge in [-0.3, -0.25) is 9.59 Å². The molecule has 1 aliphatic heterocycles. The number of nitrogens with one attached hydrogen (secondary N) is 1. The summed E-state index contributed by atoms with van der Waals surface area (Å²) in [5.74, 6) is 0.489. The summed E-state index contributed by atoms with van der Waals surface area (Å²) in [5, 5.41) is 3.03. The number of nitrogens with zero attached hydrogens (tertiary/aromatic N) is 1. The highest BCUT2D eigenvalue weighted by atomic mass is 35.5. The molecule has 1 heterocycles. The van der Waals surface area contributed by atoms with Crippen LogP contribution in [0.1, 0.15) is 51.9 Å². The minimum Gasteiger partial charge on any atom is -0.342 e. The van der Waals surface area contributed by atoms with Crippen molar-refractivity contribution in [1.29, 1.82) is 0 Å². The van der Waals surface area contributed by atoms with E-state index in [1.165, 1.54) is 5.54 Å². The topological polar surface area (TPSA) is 49.4 Å². The van der Waals surface area contributed by atoms with Crippen LogP contribution in [0.4, 0.5) is 0 Å². The van der Waals surface area contributed by atoms with Gasteiger partial charge in [-0.05, 0) is 44.1 Å². The Balaban J connectivity index is 1.92. The Labute approximate surface area is 130 Å². The molecule has 5 heteroatoms. The van der Waals surface area contributed by atoms with Crippen LogP contribution < -0.4 is 5.32 Å². The lowest BCUT2D eigenvalue weighted by atomic mass is 9.77. The fourth-order valence-electron chi connectivity index (χ4n) is 3.73. The third-order valence-corrected chi connectivity index (χ3v) is 5.50. The summed E-state index contributed by atoms with van der Waals surface area (Å²) >= 11 is 5.79. The first-order chi connectivity index (χ1) is 10.1. The van der Waals surface area contributed by atoms with Crippen LogP contribution in [0.25, 0.3) is 0 Å². The lowest BCUT2D eigenvalue weighted by Crippen LogP contribution is -2.71. The van der Waals surface area contributed by atoms with E-state index in [0.717, 1.165) is 50.5 Å². The smallest absolute Gasteiger partial charge is 0.246 e. The molecule has 1 unspecified atom stereocenters. The maximum Gasteiger partial charge on any atom is 0.246 e. The Morgan fingerprint density at radius 1 is 1.33 bits per heavy atom. The van der Waals surface area contributed by atoms with Crippen molar-refractivity contribution in [2.75, 3.05) is 6.54 Å². The quantitative estimate of drug-likeness (QED) is 0.871. The van der Waals surface area contributed by atoms with E-state index in [2.05, 4.69) is 5.32 Å². The van der Waals surface area contributed by atoms with Crippen molar-refractivity contribution in [3.05, 3.63) is 11.1 Å². The van der Waals surface area contributed by atoms with Crippen LogP contribution in [0.5, 0.6) is 0 Å². The number of piperazine rings is 1. The fraction of sp³-hybridized carbons (Fsp3) is 0.750. The second kappa shape index (κ2) is 5.64. The molecule has 0 aromatic carbocycles. The van der Waals surface area contributed by atoms with Crippen LogP contribution >= 0.6 is 11.6 Å². The Bertz CT molecular complexity index is 479. The number of rotatable bonds is 3. The molecule has 0 bridgehead atoms. The van der Waals surface area contributed by atoms with Gasteiger partial charge in [0.1, 0.15) is 11.6 Å². The predicted molar refractivity (Wildman–Crippen MR) is 81.8 cm³/mol. The molecule has 116 valence electrons. The number of halogens is 1. The molecule has 3 fully saturated rings. The zero-order valence-electron chi connectivity index (χ0n) is 12.5. The highest BCUT2D eigenvalue weighted by Gasteiger charge is 2.55. The minimum atomic E-state index is -0.637. The second-order valence-corrected chi connectivity index (χ2v) is 6.98. The largest absolute Gasteiger partial charge is 0.342 e. The van der Waals surface area contributed by atoms with Gasteiger partial charge < -0.3 is 10.2 Å². The molecule has 3 rings (SSSR count). The van der Waals surface area contributed by atoms with E-state index in [1.54, 1.807) is 0 Å². The van der Waals surface area contributed by atoms with Crippen molar-refractivity contribution >= 4 is 23.4 Å². The summed E-state index contributed by atoms with van der Waals surface area (Å²) in [6.07, 6.45) is 6.80. The molecule has 1 atom stereocenters. The Morgan fingerprint density at radius 2 is 2.00 bits per heavy atom. The van der Waals surface area contributed by atoms with E-state index in [4.69, 9.17) is 11.6 Å². The lowest BCUT2D eigenvalue weighted by molar-refractivity contribution is -0.160. The third kappa shape index (κ3) is 2.59. The summed E-state index contributed by atoms with van der Waals surface area (Å²) in [5.41, 5.74) is 1.81. The molecular formula is C16H23ClN2O2. The van der Waals surface area contributed by atoms with Crippen molar-refractivity contribution in [3.63, 3.8) is 0 Å². The summed E-state index contributed by atoms with van der Waals surface area (Å²) in [7, 11) is 0. The average molecular weight is 311 g/mol. The molecule has 0 radical (unpaired) electrons. The molecule has 2 saturated carbocycles. The number of carbonyl (C=O) groups is 2. The van der Waals surface area contributed by atoms with Crippen LogP contribution in [0, 0.1) is 5.92 Å². The lowest BCUT2D eigenvalue weighted by Gasteiger charge is -2.50. The first kappa shape index (κ1) is 14.9. The third-order valence-electron chi connectivity index (χ3n) is 5.13. The van der Waals surface area contributed by atoms with Gasteiger partial charge in [-0.25, -0.2) is 0 Å². The van der Waals surface area contributed by atoms with Crippen LogP contribution in [0.3, 0.4) is 0 Å². The predicted octanol–water partition coefficient (Wildman–Crippen LogP) is 2.57. The van der Waals surface area contributed by atoms with Crippen molar-refractivity contribution in [2.24, 2.45) is 5.92 Å². The molecule has 3 aliphatic rings. The monoisotopic (exact) mass is 310 g/mol. The Hall–Kier alpha value is -1.03. The van der Waals surface area contributed by atoms with Crippen LogP contribution in [-0.2, 0) is 9.59 Å². The minimum absolute atomic E-state index is 0.0565. The SMILES string of the molecule is CC(=CCl)CN1C(=O)C(C2CC2)NC(=O)C12CCCCC2. The summed E-state index contributed by atoms with van der Waals surface area (Å²) in [6.45, 7) is 2.38. The highest BCUT2D eigenvalue weighted by Crippen LogP contribution is 2.41. The molecule has 1 spiro atoms. The molecule has 2 aliphatic carbocycles. The van der Waals surface area contributed by atoms with Gasteiger partial charge in [0.2, 0.25) is 11.8 Å². The molecule has 1 N–H and O–H groups in total. The summed E-state index contributed by atoms with van der Waals surface area (Å²) < 4.78 is 0. The number of hydrogen-bond donors (Lipinski definition) is 1. The molecule has 0 aromatic rings. The van der Waals surface area contributed by atoms with Gasteiger partial charge in [0.25, 0.3) is 0 Å². The van der Waals surface area contributed by atoms with Gasteiger partial charge in [0.05, 0.1) is 0 Å². The normalized spacial score (nSPS) is 29.7. The summed E-state index contributed by atoms with van der Waals surface area (Å²) in [4.78, 5) is 27.5. The molecule has 21 heavy (non-hydrogen) atoms. The van der Waals surface area contributed by atoms with Crippen molar-refractivity contribution < 1.29 is 9.59 Å². The van der Waals surface area contributed by atoms with Crippen LogP contribution in [0.15, 0.2) is 11.1 Å². The molecule has 1 saturated heterocycles.